The molecular weight excluding hydrogens is 377 g/mol. The number of piperazine rings is 1. The number of benzene rings is 2. The average Bonchev–Trinajstić information content (AvgIpc) is 3.28. The normalized spacial score (nSPS) is 14.2. The molecule has 0 bridgehead atoms. The standard InChI is InChI=1S/C21H18FN3O2S/c22-16-7-5-15(6-8-16)19(26)17-3-1-2-4-18(17)20(27)24-10-12-25(13-11-24)21-23-9-14-28-21/h1-9,14H,10-13H2. The fraction of sp³-hybridized carbons (Fsp3) is 0.190. The summed E-state index contributed by atoms with van der Waals surface area (Å²) in [6.07, 6.45) is 1.77. The number of carbonyl (C=O) groups excluding carboxylic acids is 2. The van der Waals surface area contributed by atoms with Crippen molar-refractivity contribution < 1.29 is 14.0 Å². The Morgan fingerprint density at radius 2 is 1.61 bits per heavy atom. The molecule has 0 unspecified atom stereocenters. The third kappa shape index (κ3) is 3.66. The first kappa shape index (κ1) is 18.3. The van der Waals surface area contributed by atoms with Crippen LogP contribution in [0.25, 0.3) is 0 Å². The topological polar surface area (TPSA) is 53.5 Å². The van der Waals surface area contributed by atoms with E-state index in [-0.39, 0.29) is 11.7 Å². The van der Waals surface area contributed by atoms with Gasteiger partial charge in [-0.2, -0.15) is 0 Å². The van der Waals surface area contributed by atoms with Crippen LogP contribution in [-0.4, -0.2) is 47.8 Å². The van der Waals surface area contributed by atoms with Gasteiger partial charge in [0.2, 0.25) is 0 Å². The number of hydrogen-bond acceptors (Lipinski definition) is 5. The summed E-state index contributed by atoms with van der Waals surface area (Å²) in [5.41, 5.74) is 1.07. The summed E-state index contributed by atoms with van der Waals surface area (Å²) in [6, 6.07) is 12.2. The second-order valence-electron chi connectivity index (χ2n) is 6.48. The summed E-state index contributed by atoms with van der Waals surface area (Å²) in [4.78, 5) is 34.2. The van der Waals surface area contributed by atoms with Gasteiger partial charge < -0.3 is 9.80 Å². The summed E-state index contributed by atoms with van der Waals surface area (Å²) in [7, 11) is 0. The Morgan fingerprint density at radius 1 is 0.929 bits per heavy atom. The number of aromatic nitrogens is 1. The van der Waals surface area contributed by atoms with Crippen LogP contribution < -0.4 is 4.90 Å². The lowest BCUT2D eigenvalue weighted by molar-refractivity contribution is 0.0742. The lowest BCUT2D eigenvalue weighted by Gasteiger charge is -2.34. The number of rotatable bonds is 4. The van der Waals surface area contributed by atoms with Gasteiger partial charge in [-0.1, -0.05) is 18.2 Å². The van der Waals surface area contributed by atoms with Crippen LogP contribution in [0.1, 0.15) is 26.3 Å². The number of thiazole rings is 1. The Balaban J connectivity index is 1.52. The van der Waals surface area contributed by atoms with Crippen LogP contribution in [0.15, 0.2) is 60.1 Å². The van der Waals surface area contributed by atoms with E-state index in [1.165, 1.54) is 24.3 Å². The third-order valence-corrected chi connectivity index (χ3v) is 5.60. The third-order valence-electron chi connectivity index (χ3n) is 4.77. The largest absolute Gasteiger partial charge is 0.345 e. The van der Waals surface area contributed by atoms with Crippen molar-refractivity contribution in [3.05, 3.63) is 82.6 Å². The molecule has 0 spiro atoms. The molecule has 0 aliphatic carbocycles. The molecule has 142 valence electrons. The zero-order chi connectivity index (χ0) is 19.5. The molecule has 1 fully saturated rings. The predicted octanol–water partition coefficient (Wildman–Crippen LogP) is 3.48. The van der Waals surface area contributed by atoms with Crippen LogP contribution in [0.2, 0.25) is 0 Å². The fourth-order valence-corrected chi connectivity index (χ4v) is 3.96. The first-order valence-electron chi connectivity index (χ1n) is 8.96. The van der Waals surface area contributed by atoms with Crippen LogP contribution in [-0.2, 0) is 0 Å². The molecule has 2 heterocycles. The van der Waals surface area contributed by atoms with E-state index in [0.29, 0.717) is 42.9 Å². The van der Waals surface area contributed by atoms with E-state index >= 15 is 0 Å². The lowest BCUT2D eigenvalue weighted by atomic mass is 9.97. The highest BCUT2D eigenvalue weighted by molar-refractivity contribution is 7.13. The quantitative estimate of drug-likeness (QED) is 0.635. The highest BCUT2D eigenvalue weighted by atomic mass is 32.1. The van der Waals surface area contributed by atoms with Gasteiger partial charge >= 0.3 is 0 Å². The molecule has 0 radical (unpaired) electrons. The van der Waals surface area contributed by atoms with Gasteiger partial charge in [0, 0.05) is 48.9 Å². The van der Waals surface area contributed by atoms with Crippen LogP contribution in [0, 0.1) is 5.82 Å². The predicted molar refractivity (Wildman–Crippen MR) is 107 cm³/mol. The number of amides is 1. The summed E-state index contributed by atoms with van der Waals surface area (Å²) in [5.74, 6) is -0.853. The van der Waals surface area contributed by atoms with E-state index in [9.17, 15) is 14.0 Å². The maximum Gasteiger partial charge on any atom is 0.254 e. The van der Waals surface area contributed by atoms with E-state index in [1.807, 2.05) is 5.38 Å². The number of hydrogen-bond donors (Lipinski definition) is 0. The van der Waals surface area contributed by atoms with Gasteiger partial charge in [0.25, 0.3) is 5.91 Å². The molecule has 0 atom stereocenters. The van der Waals surface area contributed by atoms with E-state index in [2.05, 4.69) is 9.88 Å². The molecule has 1 aliphatic rings. The Labute approximate surface area is 166 Å². The molecule has 1 saturated heterocycles. The molecule has 4 rings (SSSR count). The number of carbonyl (C=O) groups is 2. The van der Waals surface area contributed by atoms with Crippen molar-refractivity contribution in [3.63, 3.8) is 0 Å². The summed E-state index contributed by atoms with van der Waals surface area (Å²) in [6.45, 7) is 2.54. The maximum atomic E-state index is 13.2. The smallest absolute Gasteiger partial charge is 0.254 e. The summed E-state index contributed by atoms with van der Waals surface area (Å²) >= 11 is 1.58. The molecule has 1 aromatic heterocycles. The minimum atomic E-state index is -0.404. The van der Waals surface area contributed by atoms with Crippen molar-refractivity contribution in [1.82, 2.24) is 9.88 Å². The molecule has 0 N–H and O–H groups in total. The van der Waals surface area contributed by atoms with Gasteiger partial charge in [0.15, 0.2) is 10.9 Å². The Hall–Kier alpha value is -3.06. The zero-order valence-corrected chi connectivity index (χ0v) is 15.9. The van der Waals surface area contributed by atoms with Gasteiger partial charge in [-0.15, -0.1) is 11.3 Å². The fourth-order valence-electron chi connectivity index (χ4n) is 3.27. The molecule has 2 aromatic carbocycles. The SMILES string of the molecule is O=C(c1ccc(F)cc1)c1ccccc1C(=O)N1CCN(c2nccs2)CC1. The van der Waals surface area contributed by atoms with Crippen molar-refractivity contribution in [1.29, 1.82) is 0 Å². The minimum Gasteiger partial charge on any atom is -0.345 e. The first-order chi connectivity index (χ1) is 13.6. The molecule has 28 heavy (non-hydrogen) atoms. The van der Waals surface area contributed by atoms with Crippen molar-refractivity contribution in [2.75, 3.05) is 31.1 Å². The molecule has 7 heteroatoms. The number of anilines is 1. The molecular formula is C21H18FN3O2S. The van der Waals surface area contributed by atoms with E-state index in [1.54, 1.807) is 46.7 Å². The molecule has 1 aliphatic heterocycles. The lowest BCUT2D eigenvalue weighted by Crippen LogP contribution is -2.49. The van der Waals surface area contributed by atoms with Gasteiger partial charge in [0.1, 0.15) is 5.82 Å². The average molecular weight is 395 g/mol. The van der Waals surface area contributed by atoms with Crippen molar-refractivity contribution in [2.24, 2.45) is 0 Å². The Morgan fingerprint density at radius 3 is 2.25 bits per heavy atom. The summed E-state index contributed by atoms with van der Waals surface area (Å²) < 4.78 is 13.2. The molecule has 3 aromatic rings. The molecule has 5 nitrogen and oxygen atoms in total. The highest BCUT2D eigenvalue weighted by Gasteiger charge is 2.26. The Kier molecular flexibility index (Phi) is 5.16. The van der Waals surface area contributed by atoms with Crippen molar-refractivity contribution in [2.45, 2.75) is 0 Å². The van der Waals surface area contributed by atoms with Crippen LogP contribution in [0.4, 0.5) is 9.52 Å². The Bertz CT molecular complexity index is 981. The van der Waals surface area contributed by atoms with E-state index in [4.69, 9.17) is 0 Å². The van der Waals surface area contributed by atoms with Crippen LogP contribution in [0.5, 0.6) is 0 Å². The van der Waals surface area contributed by atoms with Crippen molar-refractivity contribution in [3.8, 4) is 0 Å². The second-order valence-corrected chi connectivity index (χ2v) is 7.35. The van der Waals surface area contributed by atoms with E-state index < -0.39 is 5.82 Å². The van der Waals surface area contributed by atoms with Crippen LogP contribution in [0.3, 0.4) is 0 Å². The monoisotopic (exact) mass is 395 g/mol. The highest BCUT2D eigenvalue weighted by Crippen LogP contribution is 2.21. The zero-order valence-electron chi connectivity index (χ0n) is 15.0. The van der Waals surface area contributed by atoms with E-state index in [0.717, 1.165) is 5.13 Å². The van der Waals surface area contributed by atoms with Crippen LogP contribution >= 0.6 is 11.3 Å². The molecule has 1 amide bonds. The van der Waals surface area contributed by atoms with Gasteiger partial charge in [-0.3, -0.25) is 9.59 Å². The maximum absolute atomic E-state index is 13.2. The molecule has 0 saturated carbocycles. The minimum absolute atomic E-state index is 0.162. The number of ketones is 1. The first-order valence-corrected chi connectivity index (χ1v) is 9.84. The number of nitrogens with zero attached hydrogens (tertiary/aromatic N) is 3. The number of halogens is 1. The second kappa shape index (κ2) is 7.90. The van der Waals surface area contributed by atoms with Gasteiger partial charge in [-0.25, -0.2) is 9.37 Å². The van der Waals surface area contributed by atoms with Crippen molar-refractivity contribution >= 4 is 28.2 Å². The van der Waals surface area contributed by atoms with Gasteiger partial charge in [0.05, 0.1) is 5.56 Å². The summed E-state index contributed by atoms with van der Waals surface area (Å²) in [5, 5.41) is 2.89. The van der Waals surface area contributed by atoms with Gasteiger partial charge in [-0.05, 0) is 30.3 Å².